The molecule has 0 aliphatic heterocycles. The number of para-hydroxylation sites is 1. The smallest absolute Gasteiger partial charge is 0.260 e. The van der Waals surface area contributed by atoms with Gasteiger partial charge in [0, 0.05) is 13.1 Å². The van der Waals surface area contributed by atoms with Crippen LogP contribution in [0, 0.1) is 11.3 Å². The minimum atomic E-state index is -0.0927. The summed E-state index contributed by atoms with van der Waals surface area (Å²) in [6.07, 6.45) is 1.08. The van der Waals surface area contributed by atoms with E-state index in [2.05, 4.69) is 26.8 Å². The van der Waals surface area contributed by atoms with E-state index in [-0.39, 0.29) is 17.9 Å². The number of carbonyl (C=O) groups is 1. The van der Waals surface area contributed by atoms with Crippen molar-refractivity contribution in [1.29, 1.82) is 5.26 Å². The maximum Gasteiger partial charge on any atom is 0.260 e. The molecule has 4 nitrogen and oxygen atoms in total. The zero-order chi connectivity index (χ0) is 19.7. The molecule has 1 amide bonds. The van der Waals surface area contributed by atoms with E-state index in [9.17, 15) is 4.79 Å². The van der Waals surface area contributed by atoms with Crippen LogP contribution in [0.25, 0.3) is 0 Å². The molecule has 2 aromatic rings. The van der Waals surface area contributed by atoms with Gasteiger partial charge < -0.3 is 9.64 Å². The average molecular weight is 364 g/mol. The molecule has 0 radical (unpaired) electrons. The largest absolute Gasteiger partial charge is 0.483 e. The fourth-order valence-corrected chi connectivity index (χ4v) is 2.90. The van der Waals surface area contributed by atoms with Crippen molar-refractivity contribution in [2.75, 3.05) is 19.7 Å². The summed E-state index contributed by atoms with van der Waals surface area (Å²) in [6, 6.07) is 20.0. The van der Waals surface area contributed by atoms with Crippen LogP contribution in [-0.4, -0.2) is 30.5 Å². The third-order valence-corrected chi connectivity index (χ3v) is 4.41. The van der Waals surface area contributed by atoms with E-state index < -0.39 is 0 Å². The van der Waals surface area contributed by atoms with Gasteiger partial charge in [0.05, 0.1) is 12.5 Å². The molecule has 0 heterocycles. The number of nitrogens with zero attached hydrogens (tertiary/aromatic N) is 2. The van der Waals surface area contributed by atoms with Gasteiger partial charge in [0.2, 0.25) is 0 Å². The van der Waals surface area contributed by atoms with E-state index in [0.29, 0.717) is 19.5 Å². The number of hydrogen-bond acceptors (Lipinski definition) is 3. The highest BCUT2D eigenvalue weighted by atomic mass is 16.5. The Labute approximate surface area is 162 Å². The Hall–Kier alpha value is -2.80. The molecule has 4 heteroatoms. The Kier molecular flexibility index (Phi) is 7.43. The average Bonchev–Trinajstić information content (AvgIpc) is 2.66. The second-order valence-electron chi connectivity index (χ2n) is 7.56. The van der Waals surface area contributed by atoms with Crippen LogP contribution < -0.4 is 4.74 Å². The molecule has 0 N–H and O–H groups in total. The third kappa shape index (κ3) is 6.45. The summed E-state index contributed by atoms with van der Waals surface area (Å²) in [5.74, 6) is 0.645. The summed E-state index contributed by atoms with van der Waals surface area (Å²) in [5.41, 5.74) is 2.19. The Morgan fingerprint density at radius 1 is 1.04 bits per heavy atom. The molecule has 0 unspecified atom stereocenters. The molecular weight excluding hydrogens is 336 g/mol. The van der Waals surface area contributed by atoms with Gasteiger partial charge in [-0.1, -0.05) is 69.3 Å². The lowest BCUT2D eigenvalue weighted by Crippen LogP contribution is -2.37. The van der Waals surface area contributed by atoms with Crippen molar-refractivity contribution < 1.29 is 9.53 Å². The summed E-state index contributed by atoms with van der Waals surface area (Å²) >= 11 is 0. The van der Waals surface area contributed by atoms with Gasteiger partial charge in [-0.25, -0.2) is 0 Å². The molecule has 0 saturated heterocycles. The van der Waals surface area contributed by atoms with E-state index in [0.717, 1.165) is 17.7 Å². The van der Waals surface area contributed by atoms with Gasteiger partial charge in [0.15, 0.2) is 6.61 Å². The lowest BCUT2D eigenvalue weighted by atomic mass is 9.86. The highest BCUT2D eigenvalue weighted by Crippen LogP contribution is 2.30. The van der Waals surface area contributed by atoms with Gasteiger partial charge in [-0.15, -0.1) is 0 Å². The number of hydrogen-bond donors (Lipinski definition) is 0. The maximum absolute atomic E-state index is 12.7. The number of nitriles is 1. The van der Waals surface area contributed by atoms with Crippen molar-refractivity contribution in [3.8, 4) is 11.8 Å². The van der Waals surface area contributed by atoms with E-state index in [1.165, 1.54) is 5.56 Å². The molecule has 27 heavy (non-hydrogen) atoms. The molecule has 0 spiro atoms. The number of benzene rings is 2. The fraction of sp³-hybridized carbons (Fsp3) is 0.391. The van der Waals surface area contributed by atoms with Crippen LogP contribution in [-0.2, 0) is 16.6 Å². The molecule has 0 aliphatic rings. The van der Waals surface area contributed by atoms with Crippen LogP contribution in [0.15, 0.2) is 54.6 Å². The number of rotatable bonds is 8. The fourth-order valence-electron chi connectivity index (χ4n) is 2.90. The number of carbonyl (C=O) groups excluding carboxylic acids is 1. The lowest BCUT2D eigenvalue weighted by molar-refractivity contribution is -0.133. The second-order valence-corrected chi connectivity index (χ2v) is 7.56. The minimum Gasteiger partial charge on any atom is -0.483 e. The lowest BCUT2D eigenvalue weighted by Gasteiger charge is -2.25. The number of amides is 1. The highest BCUT2D eigenvalue weighted by Gasteiger charge is 2.20. The normalized spacial score (nSPS) is 10.9. The quantitative estimate of drug-likeness (QED) is 0.700. The summed E-state index contributed by atoms with van der Waals surface area (Å²) in [7, 11) is 0. The first-order chi connectivity index (χ1) is 12.9. The molecule has 0 bridgehead atoms. The molecule has 0 aliphatic carbocycles. The van der Waals surface area contributed by atoms with Crippen LogP contribution in [0.4, 0.5) is 0 Å². The first-order valence-corrected chi connectivity index (χ1v) is 9.33. The SMILES string of the molecule is CC(C)(C)c1ccccc1OCC(=O)N(CCC#N)CCc1ccccc1. The van der Waals surface area contributed by atoms with Crippen molar-refractivity contribution in [3.63, 3.8) is 0 Å². The number of ether oxygens (including phenoxy) is 1. The summed E-state index contributed by atoms with van der Waals surface area (Å²) < 4.78 is 5.86. The Bertz CT molecular complexity index is 773. The Balaban J connectivity index is 2.00. The monoisotopic (exact) mass is 364 g/mol. The van der Waals surface area contributed by atoms with E-state index in [1.54, 1.807) is 4.90 Å². The first-order valence-electron chi connectivity index (χ1n) is 9.33. The molecule has 142 valence electrons. The van der Waals surface area contributed by atoms with Crippen LogP contribution >= 0.6 is 0 Å². The molecule has 2 rings (SSSR count). The molecular formula is C23H28N2O2. The molecule has 0 fully saturated rings. The summed E-state index contributed by atoms with van der Waals surface area (Å²) in [5, 5.41) is 8.90. The molecule has 0 saturated carbocycles. The second kappa shape index (κ2) is 9.78. The van der Waals surface area contributed by atoms with Crippen LogP contribution in [0.3, 0.4) is 0 Å². The van der Waals surface area contributed by atoms with Gasteiger partial charge in [0.1, 0.15) is 5.75 Å². The molecule has 0 atom stereocenters. The topological polar surface area (TPSA) is 53.3 Å². The molecule has 2 aromatic carbocycles. The third-order valence-electron chi connectivity index (χ3n) is 4.41. The van der Waals surface area contributed by atoms with Gasteiger partial charge in [-0.3, -0.25) is 4.79 Å². The standard InChI is InChI=1S/C23H28N2O2/c1-23(2,3)20-12-7-8-13-21(20)27-18-22(26)25(16-9-15-24)17-14-19-10-5-4-6-11-19/h4-8,10-13H,9,14,16-18H2,1-3H3. The predicted octanol–water partition coefficient (Wildman–Crippen LogP) is 4.35. The van der Waals surface area contributed by atoms with Gasteiger partial charge in [0.25, 0.3) is 5.91 Å². The predicted molar refractivity (Wildman–Crippen MR) is 108 cm³/mol. The van der Waals surface area contributed by atoms with Crippen LogP contribution in [0.1, 0.15) is 38.3 Å². The van der Waals surface area contributed by atoms with Crippen LogP contribution in [0.5, 0.6) is 5.75 Å². The van der Waals surface area contributed by atoms with Crippen molar-refractivity contribution in [2.24, 2.45) is 0 Å². The van der Waals surface area contributed by atoms with Crippen molar-refractivity contribution >= 4 is 5.91 Å². The minimum absolute atomic E-state index is 0.0205. The zero-order valence-corrected chi connectivity index (χ0v) is 16.4. The van der Waals surface area contributed by atoms with Crippen molar-refractivity contribution in [2.45, 2.75) is 39.0 Å². The van der Waals surface area contributed by atoms with Gasteiger partial charge in [-0.2, -0.15) is 5.26 Å². The summed E-state index contributed by atoms with van der Waals surface area (Å²) in [6.45, 7) is 7.34. The Morgan fingerprint density at radius 3 is 2.37 bits per heavy atom. The summed E-state index contributed by atoms with van der Waals surface area (Å²) in [4.78, 5) is 14.4. The first kappa shape index (κ1) is 20.5. The zero-order valence-electron chi connectivity index (χ0n) is 16.4. The maximum atomic E-state index is 12.7. The van der Waals surface area contributed by atoms with Gasteiger partial charge in [-0.05, 0) is 29.0 Å². The highest BCUT2D eigenvalue weighted by molar-refractivity contribution is 5.77. The Morgan fingerprint density at radius 2 is 1.70 bits per heavy atom. The van der Waals surface area contributed by atoms with E-state index >= 15 is 0 Å². The molecule has 0 aromatic heterocycles. The van der Waals surface area contributed by atoms with Crippen LogP contribution in [0.2, 0.25) is 0 Å². The van der Waals surface area contributed by atoms with Crippen molar-refractivity contribution in [3.05, 3.63) is 65.7 Å². The van der Waals surface area contributed by atoms with E-state index in [1.807, 2.05) is 54.6 Å². The van der Waals surface area contributed by atoms with E-state index in [4.69, 9.17) is 10.00 Å². The van der Waals surface area contributed by atoms with Crippen molar-refractivity contribution in [1.82, 2.24) is 4.90 Å². The van der Waals surface area contributed by atoms with Gasteiger partial charge >= 0.3 is 0 Å².